The smallest absolute Gasteiger partial charge is 0.339 e. The molecule has 8 nitrogen and oxygen atoms in total. The van der Waals surface area contributed by atoms with Gasteiger partial charge in [0.05, 0.1) is 13.2 Å². The third kappa shape index (κ3) is 14.1. The first-order chi connectivity index (χ1) is 19.9. The highest BCUT2D eigenvalue weighted by molar-refractivity contribution is 6.74. The van der Waals surface area contributed by atoms with E-state index in [0.29, 0.717) is 19.6 Å². The predicted molar refractivity (Wildman–Crippen MR) is 175 cm³/mol. The van der Waals surface area contributed by atoms with Crippen LogP contribution in [0.15, 0.2) is 12.2 Å². The van der Waals surface area contributed by atoms with Crippen molar-refractivity contribution in [1.29, 1.82) is 0 Å². The van der Waals surface area contributed by atoms with Gasteiger partial charge in [-0.15, -0.1) is 0 Å². The summed E-state index contributed by atoms with van der Waals surface area (Å²) in [6.07, 6.45) is 15.6. The van der Waals surface area contributed by atoms with Crippen LogP contribution in [0.2, 0.25) is 18.1 Å². The summed E-state index contributed by atoms with van der Waals surface area (Å²) in [5.41, 5.74) is -3.12. The number of unbranched alkanes of at least 4 members (excludes halogenated alkanes) is 8. The first-order valence-corrected chi connectivity index (χ1v) is 19.6. The van der Waals surface area contributed by atoms with Crippen LogP contribution in [-0.2, 0) is 28.2 Å². The number of aliphatic carboxylic acids is 1. The van der Waals surface area contributed by atoms with Gasteiger partial charge in [-0.1, -0.05) is 78.4 Å². The molecule has 1 saturated heterocycles. The second-order valence-electron chi connectivity index (χ2n) is 14.8. The van der Waals surface area contributed by atoms with Crippen LogP contribution in [0.5, 0.6) is 0 Å². The zero-order chi connectivity index (χ0) is 32.8. The number of hydrogen-bond donors (Lipinski definition) is 2. The monoisotopic (exact) mass is 628 g/mol. The van der Waals surface area contributed by atoms with Crippen molar-refractivity contribution in [2.45, 2.75) is 167 Å². The summed E-state index contributed by atoms with van der Waals surface area (Å²) >= 11 is 0. The molecule has 0 aromatic heterocycles. The third-order valence-electron chi connectivity index (χ3n) is 8.77. The first-order valence-electron chi connectivity index (χ1n) is 16.7. The molecule has 0 bridgehead atoms. The van der Waals surface area contributed by atoms with Crippen LogP contribution in [-0.4, -0.2) is 67.3 Å². The largest absolute Gasteiger partial charge is 0.481 e. The van der Waals surface area contributed by atoms with Crippen LogP contribution < -0.4 is 0 Å². The Bertz CT molecular complexity index is 851. The lowest BCUT2D eigenvalue weighted by molar-refractivity contribution is -0.187. The molecule has 1 heterocycles. The molecule has 2 atom stereocenters. The number of allylic oxidation sites excluding steroid dienone is 1. The van der Waals surface area contributed by atoms with Gasteiger partial charge in [0, 0.05) is 25.9 Å². The number of ether oxygens (including phenoxy) is 3. The fraction of sp³-hybridized carbons (Fsp3) is 0.882. The average Bonchev–Trinajstić information content (AvgIpc) is 3.34. The van der Waals surface area contributed by atoms with Crippen LogP contribution in [0.3, 0.4) is 0 Å². The minimum Gasteiger partial charge on any atom is -0.481 e. The molecule has 1 rings (SSSR count). The lowest BCUT2D eigenvalue weighted by Gasteiger charge is -2.38. The van der Waals surface area contributed by atoms with Gasteiger partial charge in [-0.05, 0) is 64.6 Å². The maximum Gasteiger partial charge on any atom is 0.339 e. The highest BCUT2D eigenvalue weighted by atomic mass is 28.4. The molecule has 1 fully saturated rings. The molecule has 1 aliphatic rings. The SMILES string of the molecule is CCCCCCCC1(CCCCCC/C=C/[C@H](C(=O)O)C(O)(CCO[Si](C)(C)C(C)(C)C)C(=O)OC(C)(C)C)OCCO1. The number of carboxylic acid groups (broad SMARTS) is 1. The lowest BCUT2D eigenvalue weighted by Crippen LogP contribution is -2.52. The van der Waals surface area contributed by atoms with E-state index in [2.05, 4.69) is 40.8 Å². The molecule has 0 aromatic carbocycles. The summed E-state index contributed by atoms with van der Waals surface area (Å²) in [6.45, 7) is 19.2. The van der Waals surface area contributed by atoms with Crippen molar-refractivity contribution < 1.29 is 38.4 Å². The number of aliphatic hydroxyl groups is 1. The fourth-order valence-corrected chi connectivity index (χ4v) is 6.07. The van der Waals surface area contributed by atoms with Crippen molar-refractivity contribution in [2.75, 3.05) is 19.8 Å². The summed E-state index contributed by atoms with van der Waals surface area (Å²) in [5.74, 6) is -4.07. The fourth-order valence-electron chi connectivity index (χ4n) is 5.03. The second kappa shape index (κ2) is 18.0. The number of carboxylic acids is 1. The summed E-state index contributed by atoms with van der Waals surface area (Å²) in [5, 5.41) is 21.6. The molecule has 43 heavy (non-hydrogen) atoms. The van der Waals surface area contributed by atoms with Crippen LogP contribution in [0.25, 0.3) is 0 Å². The van der Waals surface area contributed by atoms with Gasteiger partial charge in [0.25, 0.3) is 0 Å². The van der Waals surface area contributed by atoms with E-state index >= 15 is 0 Å². The van der Waals surface area contributed by atoms with E-state index in [-0.39, 0.29) is 18.1 Å². The Labute approximate surface area is 263 Å². The first kappa shape index (κ1) is 39.8. The topological polar surface area (TPSA) is 112 Å². The van der Waals surface area contributed by atoms with Gasteiger partial charge in [0.1, 0.15) is 11.5 Å². The van der Waals surface area contributed by atoms with Crippen molar-refractivity contribution in [3.63, 3.8) is 0 Å². The van der Waals surface area contributed by atoms with Crippen LogP contribution in [0, 0.1) is 5.92 Å². The molecule has 1 aliphatic heterocycles. The minimum absolute atomic E-state index is 0.0604. The Morgan fingerprint density at radius 2 is 1.44 bits per heavy atom. The number of carbonyl (C=O) groups excluding carboxylic acids is 1. The molecule has 252 valence electrons. The van der Waals surface area contributed by atoms with Crippen molar-refractivity contribution in [3.8, 4) is 0 Å². The molecule has 1 unspecified atom stereocenters. The molecule has 2 N–H and O–H groups in total. The predicted octanol–water partition coefficient (Wildman–Crippen LogP) is 8.17. The molecule has 9 heteroatoms. The van der Waals surface area contributed by atoms with Crippen molar-refractivity contribution >= 4 is 20.3 Å². The molecule has 0 spiro atoms. The Hall–Kier alpha value is -1.26. The van der Waals surface area contributed by atoms with E-state index in [1.165, 1.54) is 31.8 Å². The molecule has 0 saturated carbocycles. The van der Waals surface area contributed by atoms with Crippen molar-refractivity contribution in [3.05, 3.63) is 12.2 Å². The average molecular weight is 629 g/mol. The van der Waals surface area contributed by atoms with E-state index in [0.717, 1.165) is 44.9 Å². The van der Waals surface area contributed by atoms with Gasteiger partial charge in [-0.25, -0.2) is 4.79 Å². The standard InChI is InChI=1S/C34H64O8Si/c1-10-11-12-16-19-22-33(39-26-27-40-33)23-20-17-14-13-15-18-21-28(29(35)36)34(38,30(37)42-31(2,3)4)24-25-41-43(8,9)32(5,6)7/h18,21,28,38H,10-17,19-20,22-27H2,1-9H3,(H,35,36)/b21-18+/t28-,34?/m1/s1. The van der Waals surface area contributed by atoms with Crippen LogP contribution >= 0.6 is 0 Å². The van der Waals surface area contributed by atoms with Crippen molar-refractivity contribution in [1.82, 2.24) is 0 Å². The van der Waals surface area contributed by atoms with E-state index in [1.54, 1.807) is 26.8 Å². The van der Waals surface area contributed by atoms with Gasteiger partial charge >= 0.3 is 11.9 Å². The summed E-state index contributed by atoms with van der Waals surface area (Å²) < 4.78 is 23.8. The highest BCUT2D eigenvalue weighted by Gasteiger charge is 2.49. The lowest BCUT2D eigenvalue weighted by atomic mass is 9.83. The second-order valence-corrected chi connectivity index (χ2v) is 19.6. The zero-order valence-electron chi connectivity index (χ0n) is 28.9. The molecule has 0 aromatic rings. The number of carbonyl (C=O) groups is 2. The van der Waals surface area contributed by atoms with Gasteiger partial charge in [-0.2, -0.15) is 0 Å². The zero-order valence-corrected chi connectivity index (χ0v) is 29.9. The highest BCUT2D eigenvalue weighted by Crippen LogP contribution is 2.37. The van der Waals surface area contributed by atoms with Gasteiger partial charge in [0.15, 0.2) is 19.7 Å². The number of hydrogen-bond acceptors (Lipinski definition) is 7. The summed E-state index contributed by atoms with van der Waals surface area (Å²) in [6, 6.07) is 0. The quantitative estimate of drug-likeness (QED) is 0.0567. The number of esters is 1. The van der Waals surface area contributed by atoms with Gasteiger partial charge in [0.2, 0.25) is 0 Å². The summed E-state index contributed by atoms with van der Waals surface area (Å²) in [4.78, 5) is 25.5. The normalized spacial score (nSPS) is 18.1. The molecule has 0 radical (unpaired) electrons. The van der Waals surface area contributed by atoms with E-state index in [1.807, 2.05) is 0 Å². The Balaban J connectivity index is 2.71. The van der Waals surface area contributed by atoms with Crippen LogP contribution in [0.4, 0.5) is 0 Å². The van der Waals surface area contributed by atoms with E-state index < -0.39 is 43.2 Å². The molecular formula is C34H64O8Si. The van der Waals surface area contributed by atoms with Gasteiger partial charge in [-0.3, -0.25) is 4.79 Å². The van der Waals surface area contributed by atoms with Crippen molar-refractivity contribution in [2.24, 2.45) is 5.92 Å². The summed E-state index contributed by atoms with van der Waals surface area (Å²) in [7, 11) is -2.17. The molecule has 0 aliphatic carbocycles. The van der Waals surface area contributed by atoms with Gasteiger partial charge < -0.3 is 28.8 Å². The maximum atomic E-state index is 13.2. The van der Waals surface area contributed by atoms with E-state index in [4.69, 9.17) is 18.6 Å². The Morgan fingerprint density at radius 1 is 0.907 bits per heavy atom. The maximum absolute atomic E-state index is 13.2. The van der Waals surface area contributed by atoms with Crippen LogP contribution in [0.1, 0.15) is 132 Å². The Morgan fingerprint density at radius 3 is 1.93 bits per heavy atom. The third-order valence-corrected chi connectivity index (χ3v) is 13.3. The molecular weight excluding hydrogens is 564 g/mol. The Kier molecular flexibility index (Phi) is 16.7. The molecule has 0 amide bonds. The minimum atomic E-state index is -2.25. The number of rotatable bonds is 21. The van der Waals surface area contributed by atoms with E-state index in [9.17, 15) is 19.8 Å².